The standard InChI is InChI=1S/C22H23N3O2S/c1-3-24-21(27)17-11-5-6-12-18(17)23-22(24)28-15(2)20(26)25-14-8-10-16-9-4-7-13-19(16)25/h4-7,9,11-13,15H,3,8,10,14H2,1-2H3. The summed E-state index contributed by atoms with van der Waals surface area (Å²) in [4.78, 5) is 32.6. The zero-order valence-corrected chi connectivity index (χ0v) is 16.9. The van der Waals surface area contributed by atoms with E-state index in [9.17, 15) is 9.59 Å². The third kappa shape index (κ3) is 3.33. The maximum Gasteiger partial charge on any atom is 0.262 e. The van der Waals surface area contributed by atoms with Crippen molar-refractivity contribution in [2.45, 2.75) is 43.6 Å². The fourth-order valence-corrected chi connectivity index (χ4v) is 4.74. The summed E-state index contributed by atoms with van der Waals surface area (Å²) in [7, 11) is 0. The van der Waals surface area contributed by atoms with Crippen molar-refractivity contribution >= 4 is 34.3 Å². The number of anilines is 1. The fraction of sp³-hybridized carbons (Fsp3) is 0.318. The number of thioether (sulfide) groups is 1. The van der Waals surface area contributed by atoms with Gasteiger partial charge in [0.25, 0.3) is 5.56 Å². The minimum Gasteiger partial charge on any atom is -0.311 e. The Morgan fingerprint density at radius 3 is 2.75 bits per heavy atom. The first-order valence-electron chi connectivity index (χ1n) is 9.65. The molecule has 1 aromatic heterocycles. The molecule has 0 radical (unpaired) electrons. The van der Waals surface area contributed by atoms with Crippen LogP contribution in [0.25, 0.3) is 10.9 Å². The summed E-state index contributed by atoms with van der Waals surface area (Å²) in [5, 5.41) is 0.868. The summed E-state index contributed by atoms with van der Waals surface area (Å²) in [6.45, 7) is 5.07. The number of aromatic nitrogens is 2. The molecule has 1 aliphatic rings. The Kier molecular flexibility index (Phi) is 5.22. The number of carbonyl (C=O) groups excluding carboxylic acids is 1. The normalized spacial score (nSPS) is 14.7. The van der Waals surface area contributed by atoms with Gasteiger partial charge < -0.3 is 4.90 Å². The lowest BCUT2D eigenvalue weighted by Gasteiger charge is -2.31. The van der Waals surface area contributed by atoms with E-state index in [4.69, 9.17) is 0 Å². The average molecular weight is 394 g/mol. The molecule has 1 amide bonds. The SMILES string of the molecule is CCn1c(SC(C)C(=O)N2CCCc3ccccc32)nc2ccccc2c1=O. The van der Waals surface area contributed by atoms with Crippen molar-refractivity contribution in [3.8, 4) is 0 Å². The largest absolute Gasteiger partial charge is 0.311 e. The predicted molar refractivity (Wildman–Crippen MR) is 114 cm³/mol. The Bertz CT molecular complexity index is 1090. The van der Waals surface area contributed by atoms with Crippen LogP contribution in [0.5, 0.6) is 0 Å². The van der Waals surface area contributed by atoms with Gasteiger partial charge in [-0.3, -0.25) is 14.2 Å². The first-order valence-corrected chi connectivity index (χ1v) is 10.5. The highest BCUT2D eigenvalue weighted by molar-refractivity contribution is 8.00. The van der Waals surface area contributed by atoms with Gasteiger partial charge in [-0.25, -0.2) is 4.98 Å². The van der Waals surface area contributed by atoms with Gasteiger partial charge in [0.2, 0.25) is 5.91 Å². The van der Waals surface area contributed by atoms with Crippen LogP contribution in [0.15, 0.2) is 58.5 Å². The molecular formula is C22H23N3O2S. The summed E-state index contributed by atoms with van der Waals surface area (Å²) in [6.07, 6.45) is 1.97. The van der Waals surface area contributed by atoms with Crippen LogP contribution in [0.1, 0.15) is 25.8 Å². The Labute approximate surface area is 168 Å². The molecule has 0 N–H and O–H groups in total. The number of para-hydroxylation sites is 2. The van der Waals surface area contributed by atoms with Crippen LogP contribution in [0.3, 0.4) is 0 Å². The highest BCUT2D eigenvalue weighted by atomic mass is 32.2. The molecule has 1 unspecified atom stereocenters. The first-order chi connectivity index (χ1) is 13.6. The third-order valence-corrected chi connectivity index (χ3v) is 6.23. The molecule has 0 fully saturated rings. The number of rotatable bonds is 4. The number of aryl methyl sites for hydroxylation is 1. The first kappa shape index (κ1) is 18.7. The van der Waals surface area contributed by atoms with Crippen molar-refractivity contribution in [2.75, 3.05) is 11.4 Å². The summed E-state index contributed by atoms with van der Waals surface area (Å²) < 4.78 is 1.65. The van der Waals surface area contributed by atoms with Gasteiger partial charge in [0, 0.05) is 18.8 Å². The molecule has 0 aliphatic carbocycles. The molecule has 0 saturated carbocycles. The van der Waals surface area contributed by atoms with Crippen LogP contribution in [-0.2, 0) is 17.8 Å². The van der Waals surface area contributed by atoms with Gasteiger partial charge in [0.05, 0.1) is 16.2 Å². The van der Waals surface area contributed by atoms with E-state index in [1.165, 1.54) is 17.3 Å². The molecule has 4 rings (SSSR count). The highest BCUT2D eigenvalue weighted by Gasteiger charge is 2.27. The summed E-state index contributed by atoms with van der Waals surface area (Å²) >= 11 is 1.36. The molecule has 6 heteroatoms. The van der Waals surface area contributed by atoms with E-state index < -0.39 is 0 Å². The van der Waals surface area contributed by atoms with Gasteiger partial charge in [-0.1, -0.05) is 42.1 Å². The lowest BCUT2D eigenvalue weighted by Crippen LogP contribution is -2.40. The predicted octanol–water partition coefficient (Wildman–Crippen LogP) is 3.88. The van der Waals surface area contributed by atoms with E-state index in [1.807, 2.05) is 55.1 Å². The van der Waals surface area contributed by atoms with Gasteiger partial charge >= 0.3 is 0 Å². The van der Waals surface area contributed by atoms with Crippen LogP contribution in [0, 0.1) is 0 Å². The van der Waals surface area contributed by atoms with Gasteiger partial charge in [-0.2, -0.15) is 0 Å². The van der Waals surface area contributed by atoms with E-state index in [-0.39, 0.29) is 16.7 Å². The minimum absolute atomic E-state index is 0.0569. The second-order valence-corrected chi connectivity index (χ2v) is 8.25. The monoisotopic (exact) mass is 393 g/mol. The van der Waals surface area contributed by atoms with Crippen molar-refractivity contribution in [1.82, 2.24) is 9.55 Å². The summed E-state index contributed by atoms with van der Waals surface area (Å²) in [5.74, 6) is 0.0576. The lowest BCUT2D eigenvalue weighted by molar-refractivity contribution is -0.117. The molecule has 2 aromatic carbocycles. The number of carbonyl (C=O) groups is 1. The minimum atomic E-state index is -0.336. The molecule has 0 saturated heterocycles. The van der Waals surface area contributed by atoms with Gasteiger partial charge in [-0.05, 0) is 50.5 Å². The number of benzene rings is 2. The molecule has 0 spiro atoms. The van der Waals surface area contributed by atoms with E-state index in [2.05, 4.69) is 11.1 Å². The maximum absolute atomic E-state index is 13.2. The molecule has 144 valence electrons. The van der Waals surface area contributed by atoms with Crippen molar-refractivity contribution < 1.29 is 4.79 Å². The van der Waals surface area contributed by atoms with Crippen LogP contribution >= 0.6 is 11.8 Å². The Balaban J connectivity index is 1.65. The van der Waals surface area contributed by atoms with Gasteiger partial charge in [0.15, 0.2) is 5.16 Å². The van der Waals surface area contributed by atoms with Crippen LogP contribution < -0.4 is 10.5 Å². The van der Waals surface area contributed by atoms with Gasteiger partial charge in [-0.15, -0.1) is 0 Å². The number of amides is 1. The van der Waals surface area contributed by atoms with Crippen molar-refractivity contribution in [3.05, 3.63) is 64.4 Å². The number of hydrogen-bond acceptors (Lipinski definition) is 4. The van der Waals surface area contributed by atoms with Gasteiger partial charge in [0.1, 0.15) is 0 Å². The Hall–Kier alpha value is -2.60. The van der Waals surface area contributed by atoms with E-state index in [1.54, 1.807) is 10.6 Å². The zero-order chi connectivity index (χ0) is 19.7. The molecule has 1 aliphatic heterocycles. The molecule has 28 heavy (non-hydrogen) atoms. The van der Waals surface area contributed by atoms with Crippen molar-refractivity contribution in [2.24, 2.45) is 0 Å². The Morgan fingerprint density at radius 1 is 1.18 bits per heavy atom. The van der Waals surface area contributed by atoms with Crippen LogP contribution in [-0.4, -0.2) is 27.3 Å². The average Bonchev–Trinajstić information content (AvgIpc) is 2.73. The maximum atomic E-state index is 13.2. The number of hydrogen-bond donors (Lipinski definition) is 0. The fourth-order valence-electron chi connectivity index (χ4n) is 3.71. The molecular weight excluding hydrogens is 370 g/mol. The van der Waals surface area contributed by atoms with E-state index in [0.29, 0.717) is 22.6 Å². The number of fused-ring (bicyclic) bond motifs is 2. The molecule has 2 heterocycles. The molecule has 0 bridgehead atoms. The highest BCUT2D eigenvalue weighted by Crippen LogP contribution is 2.30. The summed E-state index contributed by atoms with van der Waals surface area (Å²) in [6, 6.07) is 15.5. The molecule has 3 aromatic rings. The topological polar surface area (TPSA) is 55.2 Å². The third-order valence-electron chi connectivity index (χ3n) is 5.15. The van der Waals surface area contributed by atoms with Crippen molar-refractivity contribution in [1.29, 1.82) is 0 Å². The van der Waals surface area contributed by atoms with Crippen LogP contribution in [0.2, 0.25) is 0 Å². The smallest absolute Gasteiger partial charge is 0.262 e. The summed E-state index contributed by atoms with van der Waals surface area (Å²) in [5.41, 5.74) is 2.83. The second-order valence-electron chi connectivity index (χ2n) is 6.94. The lowest BCUT2D eigenvalue weighted by atomic mass is 10.0. The molecule has 5 nitrogen and oxygen atoms in total. The Morgan fingerprint density at radius 2 is 1.93 bits per heavy atom. The molecule has 1 atom stereocenters. The van der Waals surface area contributed by atoms with E-state index >= 15 is 0 Å². The van der Waals surface area contributed by atoms with Crippen LogP contribution in [0.4, 0.5) is 5.69 Å². The number of nitrogens with zero attached hydrogens (tertiary/aromatic N) is 3. The van der Waals surface area contributed by atoms with E-state index in [0.717, 1.165) is 25.1 Å². The zero-order valence-electron chi connectivity index (χ0n) is 16.1. The quantitative estimate of drug-likeness (QED) is 0.499. The van der Waals surface area contributed by atoms with Crippen molar-refractivity contribution in [3.63, 3.8) is 0 Å². The second kappa shape index (κ2) is 7.80.